The maximum Gasteiger partial charge on any atom is 0.316 e. The summed E-state index contributed by atoms with van der Waals surface area (Å²) in [6.45, 7) is 0.0479. The van der Waals surface area contributed by atoms with Gasteiger partial charge in [0.1, 0.15) is 12.2 Å². The molecule has 0 atom stereocenters. The third-order valence-electron chi connectivity index (χ3n) is 2.64. The first-order valence-electron chi connectivity index (χ1n) is 5.60. The van der Waals surface area contributed by atoms with Crippen molar-refractivity contribution >= 4 is 22.6 Å². The number of hydrogen-bond acceptors (Lipinski definition) is 4. The summed E-state index contributed by atoms with van der Waals surface area (Å²) in [5.41, 5.74) is 0.887. The molecule has 0 amide bonds. The molecule has 0 aliphatic carbocycles. The van der Waals surface area contributed by atoms with E-state index in [2.05, 4.69) is 9.97 Å². The minimum absolute atomic E-state index is 0.0153. The summed E-state index contributed by atoms with van der Waals surface area (Å²) >= 11 is 5.94. The highest BCUT2D eigenvalue weighted by Gasteiger charge is 2.12. The van der Waals surface area contributed by atoms with E-state index in [9.17, 15) is 8.78 Å². The van der Waals surface area contributed by atoms with Crippen LogP contribution in [0.1, 0.15) is 5.56 Å². The normalized spacial score (nSPS) is 10.9. The van der Waals surface area contributed by atoms with Crippen LogP contribution < -0.4 is 4.74 Å². The van der Waals surface area contributed by atoms with Gasteiger partial charge in [-0.25, -0.2) is 14.4 Å². The Morgan fingerprint density at radius 1 is 1.20 bits per heavy atom. The van der Waals surface area contributed by atoms with Gasteiger partial charge in [-0.15, -0.1) is 0 Å². The fraction of sp³-hybridized carbons (Fsp3) is 0.0769. The molecule has 0 fully saturated rings. The monoisotopic (exact) mass is 296 g/mol. The lowest BCUT2D eigenvalue weighted by Crippen LogP contribution is -2.00. The van der Waals surface area contributed by atoms with Crippen molar-refractivity contribution in [3.05, 3.63) is 53.0 Å². The maximum atomic E-state index is 13.2. The van der Waals surface area contributed by atoms with Crippen LogP contribution in [0.3, 0.4) is 0 Å². The second-order valence-corrected chi connectivity index (χ2v) is 4.38. The molecule has 0 unspecified atom stereocenters. The van der Waals surface area contributed by atoms with Crippen molar-refractivity contribution < 1.29 is 17.9 Å². The fourth-order valence-corrected chi connectivity index (χ4v) is 1.95. The van der Waals surface area contributed by atoms with Gasteiger partial charge >= 0.3 is 6.01 Å². The molecule has 0 bridgehead atoms. The van der Waals surface area contributed by atoms with Gasteiger partial charge < -0.3 is 9.15 Å². The van der Waals surface area contributed by atoms with Crippen molar-refractivity contribution in [2.45, 2.75) is 6.61 Å². The number of aromatic nitrogens is 2. The van der Waals surface area contributed by atoms with Crippen LogP contribution in [0.25, 0.3) is 11.0 Å². The number of nitrogens with zero attached hydrogens (tertiary/aromatic N) is 2. The molecular formula is C13H7ClF2N2O2. The Balaban J connectivity index is 1.87. The van der Waals surface area contributed by atoms with Crippen molar-refractivity contribution in [3.63, 3.8) is 0 Å². The number of rotatable bonds is 3. The molecule has 102 valence electrons. The first-order valence-corrected chi connectivity index (χ1v) is 5.98. The zero-order valence-corrected chi connectivity index (χ0v) is 10.7. The lowest BCUT2D eigenvalue weighted by atomic mass is 10.1. The van der Waals surface area contributed by atoms with Crippen LogP contribution in [0.15, 0.2) is 35.0 Å². The van der Waals surface area contributed by atoms with Crippen molar-refractivity contribution in [1.29, 1.82) is 0 Å². The Labute approximate surface area is 117 Å². The van der Waals surface area contributed by atoms with Crippen molar-refractivity contribution in [3.8, 4) is 6.01 Å². The standard InChI is InChI=1S/C13H7ClF2N2O2/c14-10-2-1-7(12-9(10)3-11(16)20-12)6-19-13-17-4-8(15)5-18-13/h1-5H,6H2. The molecule has 0 saturated carbocycles. The summed E-state index contributed by atoms with van der Waals surface area (Å²) in [5, 5.41) is 0.847. The van der Waals surface area contributed by atoms with E-state index in [1.807, 2.05) is 0 Å². The smallest absolute Gasteiger partial charge is 0.316 e. The fourth-order valence-electron chi connectivity index (χ4n) is 1.75. The van der Waals surface area contributed by atoms with Crippen LogP contribution in [0.4, 0.5) is 8.78 Å². The summed E-state index contributed by atoms with van der Waals surface area (Å²) < 4.78 is 36.1. The Morgan fingerprint density at radius 3 is 2.70 bits per heavy atom. The minimum atomic E-state index is -0.729. The highest BCUT2D eigenvalue weighted by molar-refractivity contribution is 6.35. The molecule has 1 aromatic carbocycles. The Morgan fingerprint density at radius 2 is 1.95 bits per heavy atom. The summed E-state index contributed by atoms with van der Waals surface area (Å²) in [5.74, 6) is -0.556. The highest BCUT2D eigenvalue weighted by atomic mass is 35.5. The van der Waals surface area contributed by atoms with Gasteiger partial charge in [-0.2, -0.15) is 4.39 Å². The van der Waals surface area contributed by atoms with Crippen molar-refractivity contribution in [2.24, 2.45) is 0 Å². The quantitative estimate of drug-likeness (QED) is 0.739. The van der Waals surface area contributed by atoms with Gasteiger partial charge in [-0.3, -0.25) is 0 Å². The van der Waals surface area contributed by atoms with Gasteiger partial charge in [0.15, 0.2) is 5.82 Å². The van der Waals surface area contributed by atoms with Crippen LogP contribution in [-0.4, -0.2) is 9.97 Å². The molecule has 2 heterocycles. The highest BCUT2D eigenvalue weighted by Crippen LogP contribution is 2.29. The molecule has 2 aromatic heterocycles. The first-order chi connectivity index (χ1) is 9.63. The summed E-state index contributed by atoms with van der Waals surface area (Å²) in [6.07, 6.45) is 1.98. The number of benzene rings is 1. The predicted molar refractivity (Wildman–Crippen MR) is 67.5 cm³/mol. The number of hydrogen-bond donors (Lipinski definition) is 0. The minimum Gasteiger partial charge on any atom is -0.458 e. The van der Waals surface area contributed by atoms with E-state index >= 15 is 0 Å². The van der Waals surface area contributed by atoms with Gasteiger partial charge in [-0.1, -0.05) is 17.7 Å². The summed E-state index contributed by atoms with van der Waals surface area (Å²) in [4.78, 5) is 7.31. The van der Waals surface area contributed by atoms with E-state index in [4.69, 9.17) is 20.8 Å². The maximum absolute atomic E-state index is 13.2. The van der Waals surface area contributed by atoms with Gasteiger partial charge in [0.25, 0.3) is 6.01 Å². The molecule has 0 N–H and O–H groups in total. The lowest BCUT2D eigenvalue weighted by molar-refractivity contribution is 0.277. The van der Waals surface area contributed by atoms with E-state index in [1.54, 1.807) is 12.1 Å². The number of furan rings is 1. The molecule has 0 spiro atoms. The number of ether oxygens (including phenoxy) is 1. The second kappa shape index (κ2) is 5.05. The predicted octanol–water partition coefficient (Wildman–Crippen LogP) is 3.73. The first kappa shape index (κ1) is 12.8. The Hall–Kier alpha value is -2.21. The van der Waals surface area contributed by atoms with E-state index in [-0.39, 0.29) is 12.6 Å². The lowest BCUT2D eigenvalue weighted by Gasteiger charge is -2.05. The zero-order chi connectivity index (χ0) is 14.1. The van der Waals surface area contributed by atoms with Crippen molar-refractivity contribution in [1.82, 2.24) is 9.97 Å². The van der Waals surface area contributed by atoms with Gasteiger partial charge in [0.05, 0.1) is 17.4 Å². The van der Waals surface area contributed by atoms with Crippen LogP contribution in [0, 0.1) is 11.8 Å². The molecule has 0 aliphatic heterocycles. The van der Waals surface area contributed by atoms with E-state index in [0.29, 0.717) is 21.6 Å². The van der Waals surface area contributed by atoms with Crippen molar-refractivity contribution in [2.75, 3.05) is 0 Å². The van der Waals surface area contributed by atoms with Gasteiger partial charge in [-0.05, 0) is 6.07 Å². The average molecular weight is 297 g/mol. The Kier molecular flexibility index (Phi) is 3.23. The molecule has 7 heteroatoms. The molecule has 4 nitrogen and oxygen atoms in total. The summed E-state index contributed by atoms with van der Waals surface area (Å²) in [7, 11) is 0. The molecule has 0 aliphatic rings. The van der Waals surface area contributed by atoms with Crippen LogP contribution >= 0.6 is 11.6 Å². The number of halogens is 3. The molecule has 3 aromatic rings. The van der Waals surface area contributed by atoms with Crippen LogP contribution in [0.5, 0.6) is 6.01 Å². The number of fused-ring (bicyclic) bond motifs is 1. The molecular weight excluding hydrogens is 290 g/mol. The average Bonchev–Trinajstić information content (AvgIpc) is 2.83. The van der Waals surface area contributed by atoms with E-state index in [1.165, 1.54) is 6.07 Å². The molecule has 20 heavy (non-hydrogen) atoms. The van der Waals surface area contributed by atoms with Gasteiger partial charge in [0, 0.05) is 17.0 Å². The van der Waals surface area contributed by atoms with Crippen LogP contribution in [0.2, 0.25) is 5.02 Å². The second-order valence-electron chi connectivity index (χ2n) is 3.97. The summed E-state index contributed by atoms with van der Waals surface area (Å²) in [6, 6.07) is 3.75. The van der Waals surface area contributed by atoms with E-state index in [0.717, 1.165) is 12.4 Å². The molecule has 0 saturated heterocycles. The molecule has 0 radical (unpaired) electrons. The van der Waals surface area contributed by atoms with Gasteiger partial charge in [0.2, 0.25) is 0 Å². The van der Waals surface area contributed by atoms with Crippen LogP contribution in [-0.2, 0) is 6.61 Å². The van der Waals surface area contributed by atoms with E-state index < -0.39 is 11.8 Å². The topological polar surface area (TPSA) is 48.2 Å². The third kappa shape index (κ3) is 2.42. The largest absolute Gasteiger partial charge is 0.458 e. The Bertz CT molecular complexity index is 759. The third-order valence-corrected chi connectivity index (χ3v) is 2.96. The molecule has 3 rings (SSSR count). The zero-order valence-electron chi connectivity index (χ0n) is 9.94. The SMILES string of the molecule is Fc1cnc(OCc2ccc(Cl)c3cc(F)oc23)nc1.